The third-order valence-electron chi connectivity index (χ3n) is 4.04. The topological polar surface area (TPSA) is 87.5 Å². The summed E-state index contributed by atoms with van der Waals surface area (Å²) in [5, 5.41) is 12.5. The molecule has 0 bridgehead atoms. The summed E-state index contributed by atoms with van der Waals surface area (Å²) >= 11 is 0. The van der Waals surface area contributed by atoms with Gasteiger partial charge < -0.3 is 23.8 Å². The molecule has 2 aromatic heterocycles. The molecule has 0 saturated carbocycles. The standard InChI is InChI=1S/C19H20N4O3/c1-23(2)16(13-6-8-14(24-3)9-7-13)12-21-18-15(11-20)22-19(26-18)17-5-4-10-25-17/h4-10,16,21H,12H2,1-3H3/t16-/m0/s1. The number of furan rings is 1. The predicted octanol–water partition coefficient (Wildman–Crippen LogP) is 3.53. The molecule has 0 aliphatic heterocycles. The number of nitriles is 1. The van der Waals surface area contributed by atoms with Gasteiger partial charge in [-0.2, -0.15) is 10.2 Å². The number of nitrogens with zero attached hydrogens (tertiary/aromatic N) is 3. The van der Waals surface area contributed by atoms with Crippen LogP contribution in [-0.2, 0) is 0 Å². The monoisotopic (exact) mass is 352 g/mol. The third-order valence-corrected chi connectivity index (χ3v) is 4.04. The summed E-state index contributed by atoms with van der Waals surface area (Å²) in [6.45, 7) is 0.542. The average molecular weight is 352 g/mol. The molecule has 0 amide bonds. The van der Waals surface area contributed by atoms with Crippen LogP contribution in [0.2, 0.25) is 0 Å². The van der Waals surface area contributed by atoms with E-state index in [1.807, 2.05) is 44.4 Å². The van der Waals surface area contributed by atoms with Crippen LogP contribution in [0.15, 0.2) is 51.5 Å². The maximum absolute atomic E-state index is 9.31. The Labute approximate surface area is 151 Å². The number of hydrogen-bond donors (Lipinski definition) is 1. The zero-order chi connectivity index (χ0) is 18.5. The van der Waals surface area contributed by atoms with Crippen molar-refractivity contribution in [2.75, 3.05) is 33.1 Å². The van der Waals surface area contributed by atoms with E-state index in [-0.39, 0.29) is 17.6 Å². The second kappa shape index (κ2) is 7.76. The van der Waals surface area contributed by atoms with Crippen molar-refractivity contribution in [2.24, 2.45) is 0 Å². The van der Waals surface area contributed by atoms with Gasteiger partial charge in [0.15, 0.2) is 5.76 Å². The summed E-state index contributed by atoms with van der Waals surface area (Å²) < 4.78 is 16.2. The Morgan fingerprint density at radius 1 is 1.27 bits per heavy atom. The van der Waals surface area contributed by atoms with E-state index in [9.17, 15) is 5.26 Å². The molecule has 3 rings (SSSR count). The van der Waals surface area contributed by atoms with Crippen molar-refractivity contribution in [3.05, 3.63) is 53.9 Å². The first-order chi connectivity index (χ1) is 12.6. The molecule has 1 N–H and O–H groups in total. The molecule has 0 spiro atoms. The highest BCUT2D eigenvalue weighted by Gasteiger charge is 2.19. The first-order valence-electron chi connectivity index (χ1n) is 8.11. The molecule has 0 unspecified atom stereocenters. The first-order valence-corrected chi connectivity index (χ1v) is 8.11. The quantitative estimate of drug-likeness (QED) is 0.696. The lowest BCUT2D eigenvalue weighted by atomic mass is 10.1. The summed E-state index contributed by atoms with van der Waals surface area (Å²) in [5.41, 5.74) is 1.32. The van der Waals surface area contributed by atoms with Crippen LogP contribution >= 0.6 is 0 Å². The highest BCUT2D eigenvalue weighted by Crippen LogP contribution is 2.27. The van der Waals surface area contributed by atoms with Crippen LogP contribution in [0.5, 0.6) is 5.75 Å². The van der Waals surface area contributed by atoms with E-state index in [0.29, 0.717) is 18.2 Å². The fourth-order valence-corrected chi connectivity index (χ4v) is 2.64. The van der Waals surface area contributed by atoms with Crippen LogP contribution in [0.25, 0.3) is 11.7 Å². The largest absolute Gasteiger partial charge is 0.497 e. The van der Waals surface area contributed by atoms with E-state index in [1.165, 1.54) is 6.26 Å². The van der Waals surface area contributed by atoms with E-state index in [4.69, 9.17) is 13.6 Å². The Bertz CT molecular complexity index is 877. The summed E-state index contributed by atoms with van der Waals surface area (Å²) in [5.74, 6) is 1.90. The number of hydrogen-bond acceptors (Lipinski definition) is 7. The van der Waals surface area contributed by atoms with E-state index in [0.717, 1.165) is 11.3 Å². The lowest BCUT2D eigenvalue weighted by molar-refractivity contribution is 0.310. The van der Waals surface area contributed by atoms with Crippen LogP contribution < -0.4 is 10.1 Å². The average Bonchev–Trinajstić information content (AvgIpc) is 3.31. The molecule has 0 saturated heterocycles. The maximum atomic E-state index is 9.31. The van der Waals surface area contributed by atoms with E-state index in [1.54, 1.807) is 19.2 Å². The summed E-state index contributed by atoms with van der Waals surface area (Å²) in [6, 6.07) is 13.5. The normalized spacial score (nSPS) is 12.0. The van der Waals surface area contributed by atoms with Gasteiger partial charge in [0.25, 0.3) is 5.89 Å². The lowest BCUT2D eigenvalue weighted by Gasteiger charge is -2.25. The van der Waals surface area contributed by atoms with Crippen molar-refractivity contribution in [1.29, 1.82) is 5.26 Å². The van der Waals surface area contributed by atoms with Crippen molar-refractivity contribution in [1.82, 2.24) is 9.88 Å². The van der Waals surface area contributed by atoms with Crippen molar-refractivity contribution < 1.29 is 13.6 Å². The predicted molar refractivity (Wildman–Crippen MR) is 96.8 cm³/mol. The molecule has 1 aromatic carbocycles. The lowest BCUT2D eigenvalue weighted by Crippen LogP contribution is -2.26. The molecule has 0 aliphatic rings. The van der Waals surface area contributed by atoms with Crippen LogP contribution in [0.1, 0.15) is 17.3 Å². The molecule has 26 heavy (non-hydrogen) atoms. The molecule has 0 aliphatic carbocycles. The molecule has 134 valence electrons. The number of likely N-dealkylation sites (N-methyl/N-ethyl adjacent to an activating group) is 1. The van der Waals surface area contributed by atoms with Gasteiger partial charge in [-0.1, -0.05) is 12.1 Å². The Morgan fingerprint density at radius 2 is 2.04 bits per heavy atom. The first kappa shape index (κ1) is 17.6. The van der Waals surface area contributed by atoms with Gasteiger partial charge in [-0.25, -0.2) is 0 Å². The molecule has 1 atom stereocenters. The summed E-state index contributed by atoms with van der Waals surface area (Å²) in [7, 11) is 5.64. The molecular weight excluding hydrogens is 332 g/mol. The smallest absolute Gasteiger partial charge is 0.266 e. The second-order valence-corrected chi connectivity index (χ2v) is 5.92. The fraction of sp³-hybridized carbons (Fsp3) is 0.263. The SMILES string of the molecule is COc1ccc([C@H](CNc2oc(-c3ccco3)nc2C#N)N(C)C)cc1. The molecule has 3 aromatic rings. The van der Waals surface area contributed by atoms with Gasteiger partial charge in [0.2, 0.25) is 11.6 Å². The number of oxazole rings is 1. The molecule has 7 nitrogen and oxygen atoms in total. The Balaban J connectivity index is 1.78. The third kappa shape index (κ3) is 3.71. The number of ether oxygens (including phenoxy) is 1. The van der Waals surface area contributed by atoms with E-state index < -0.39 is 0 Å². The Kier molecular flexibility index (Phi) is 5.25. The van der Waals surface area contributed by atoms with Gasteiger partial charge in [0, 0.05) is 6.54 Å². The van der Waals surface area contributed by atoms with Gasteiger partial charge in [0.05, 0.1) is 19.4 Å². The van der Waals surface area contributed by atoms with E-state index in [2.05, 4.69) is 15.2 Å². The molecule has 0 radical (unpaired) electrons. The minimum atomic E-state index is 0.0737. The molecule has 7 heteroatoms. The number of methoxy groups -OCH3 is 1. The minimum Gasteiger partial charge on any atom is -0.497 e. The van der Waals surface area contributed by atoms with Crippen molar-refractivity contribution in [3.8, 4) is 23.5 Å². The molecule has 2 heterocycles. The van der Waals surface area contributed by atoms with Crippen LogP contribution in [0.4, 0.5) is 5.88 Å². The van der Waals surface area contributed by atoms with Gasteiger partial charge in [-0.05, 0) is 43.9 Å². The van der Waals surface area contributed by atoms with Gasteiger partial charge in [-0.15, -0.1) is 0 Å². The minimum absolute atomic E-state index is 0.0737. The van der Waals surface area contributed by atoms with Crippen molar-refractivity contribution in [3.63, 3.8) is 0 Å². The summed E-state index contributed by atoms with van der Waals surface area (Å²) in [4.78, 5) is 6.26. The molecular formula is C19H20N4O3. The Morgan fingerprint density at radius 3 is 2.62 bits per heavy atom. The van der Waals surface area contributed by atoms with Gasteiger partial charge in [-0.3, -0.25) is 0 Å². The van der Waals surface area contributed by atoms with Crippen molar-refractivity contribution >= 4 is 5.88 Å². The zero-order valence-electron chi connectivity index (χ0n) is 14.9. The van der Waals surface area contributed by atoms with Crippen molar-refractivity contribution in [2.45, 2.75) is 6.04 Å². The maximum Gasteiger partial charge on any atom is 0.266 e. The number of anilines is 1. The van der Waals surface area contributed by atoms with Crippen LogP contribution in [0, 0.1) is 11.3 Å². The van der Waals surface area contributed by atoms with Crippen LogP contribution in [0.3, 0.4) is 0 Å². The highest BCUT2D eigenvalue weighted by molar-refractivity contribution is 5.54. The number of aromatic nitrogens is 1. The van der Waals surface area contributed by atoms with E-state index >= 15 is 0 Å². The summed E-state index contributed by atoms with van der Waals surface area (Å²) in [6.07, 6.45) is 1.53. The number of nitrogens with one attached hydrogen (secondary N) is 1. The fourth-order valence-electron chi connectivity index (χ4n) is 2.64. The second-order valence-electron chi connectivity index (χ2n) is 5.92. The van der Waals surface area contributed by atoms with Gasteiger partial charge in [0.1, 0.15) is 11.8 Å². The highest BCUT2D eigenvalue weighted by atomic mass is 16.5. The number of benzene rings is 1. The Hall–Kier alpha value is -3.24. The number of rotatable bonds is 7. The van der Waals surface area contributed by atoms with Gasteiger partial charge >= 0.3 is 0 Å². The van der Waals surface area contributed by atoms with Crippen LogP contribution in [-0.4, -0.2) is 37.6 Å². The zero-order valence-corrected chi connectivity index (χ0v) is 14.9. The molecule has 0 fully saturated rings.